The van der Waals surface area contributed by atoms with Crippen LogP contribution in [0.5, 0.6) is 0 Å². The predicted octanol–water partition coefficient (Wildman–Crippen LogP) is 1.61. The van der Waals surface area contributed by atoms with Crippen molar-refractivity contribution in [2.45, 2.75) is 38.6 Å². The Morgan fingerprint density at radius 1 is 1.25 bits per heavy atom. The number of anilines is 1. The number of amides is 1. The molecule has 0 aromatic carbocycles. The standard InChI is InChI=1S/C20H28N6O2/c1-16-12-23-26(13-16)6-4-20(27)25-5-2-3-17(14-25)18-11-19(22-15-21-18)24-7-9-28-10-8-24/h11-13,15,17H,2-10,14H2,1H3. The third-order valence-electron chi connectivity index (χ3n) is 5.52. The van der Waals surface area contributed by atoms with Crippen molar-refractivity contribution < 1.29 is 9.53 Å². The lowest BCUT2D eigenvalue weighted by molar-refractivity contribution is -0.132. The number of hydrogen-bond acceptors (Lipinski definition) is 6. The zero-order valence-electron chi connectivity index (χ0n) is 16.5. The van der Waals surface area contributed by atoms with E-state index < -0.39 is 0 Å². The van der Waals surface area contributed by atoms with Gasteiger partial charge in [0.15, 0.2) is 0 Å². The molecule has 2 aliphatic heterocycles. The minimum atomic E-state index is 0.195. The smallest absolute Gasteiger partial charge is 0.224 e. The van der Waals surface area contributed by atoms with Gasteiger partial charge < -0.3 is 14.5 Å². The van der Waals surface area contributed by atoms with Crippen LogP contribution >= 0.6 is 0 Å². The number of carbonyl (C=O) groups excluding carboxylic acids is 1. The number of rotatable bonds is 5. The van der Waals surface area contributed by atoms with E-state index in [1.165, 1.54) is 0 Å². The molecule has 1 atom stereocenters. The van der Waals surface area contributed by atoms with Crippen molar-refractivity contribution in [1.29, 1.82) is 0 Å². The van der Waals surface area contributed by atoms with E-state index in [0.29, 0.717) is 13.0 Å². The van der Waals surface area contributed by atoms with Gasteiger partial charge in [0.2, 0.25) is 5.91 Å². The number of hydrogen-bond donors (Lipinski definition) is 0. The highest BCUT2D eigenvalue weighted by Gasteiger charge is 2.26. The maximum atomic E-state index is 12.7. The van der Waals surface area contributed by atoms with E-state index in [9.17, 15) is 4.79 Å². The van der Waals surface area contributed by atoms with E-state index in [0.717, 1.165) is 69.3 Å². The quantitative estimate of drug-likeness (QED) is 0.780. The van der Waals surface area contributed by atoms with Crippen LogP contribution in [0.15, 0.2) is 24.8 Å². The molecule has 0 bridgehead atoms. The lowest BCUT2D eigenvalue weighted by Crippen LogP contribution is -2.40. The average Bonchev–Trinajstić information content (AvgIpc) is 3.18. The van der Waals surface area contributed by atoms with E-state index in [1.54, 1.807) is 6.33 Å². The summed E-state index contributed by atoms with van der Waals surface area (Å²) in [6.45, 7) is 7.39. The molecule has 2 aliphatic rings. The third-order valence-corrected chi connectivity index (χ3v) is 5.52. The number of ether oxygens (including phenoxy) is 1. The summed E-state index contributed by atoms with van der Waals surface area (Å²) in [5.41, 5.74) is 2.15. The third kappa shape index (κ3) is 4.49. The van der Waals surface area contributed by atoms with Crippen LogP contribution in [0.4, 0.5) is 5.82 Å². The Kier molecular flexibility index (Phi) is 5.85. The molecule has 0 saturated carbocycles. The summed E-state index contributed by atoms with van der Waals surface area (Å²) < 4.78 is 7.27. The summed E-state index contributed by atoms with van der Waals surface area (Å²) in [5.74, 6) is 1.43. The summed E-state index contributed by atoms with van der Waals surface area (Å²) in [5, 5.41) is 4.26. The van der Waals surface area contributed by atoms with Crippen LogP contribution in [0, 0.1) is 6.92 Å². The molecule has 8 nitrogen and oxygen atoms in total. The number of piperidine rings is 1. The van der Waals surface area contributed by atoms with Gasteiger partial charge in [0.25, 0.3) is 0 Å². The minimum absolute atomic E-state index is 0.195. The highest BCUT2D eigenvalue weighted by molar-refractivity contribution is 5.76. The van der Waals surface area contributed by atoms with Gasteiger partial charge in [0.05, 0.1) is 25.1 Å². The number of morpholine rings is 1. The van der Waals surface area contributed by atoms with Crippen molar-refractivity contribution >= 4 is 11.7 Å². The first-order valence-corrected chi connectivity index (χ1v) is 10.1. The molecule has 2 fully saturated rings. The molecule has 0 N–H and O–H groups in total. The number of nitrogens with zero attached hydrogens (tertiary/aromatic N) is 6. The molecular formula is C20H28N6O2. The first-order chi connectivity index (χ1) is 13.7. The van der Waals surface area contributed by atoms with Crippen LogP contribution in [-0.2, 0) is 16.1 Å². The Morgan fingerprint density at radius 2 is 2.11 bits per heavy atom. The van der Waals surface area contributed by atoms with Crippen molar-refractivity contribution in [1.82, 2.24) is 24.6 Å². The molecular weight excluding hydrogens is 356 g/mol. The molecule has 150 valence electrons. The largest absolute Gasteiger partial charge is 0.378 e. The molecule has 1 amide bonds. The second-order valence-electron chi connectivity index (χ2n) is 7.61. The second kappa shape index (κ2) is 8.68. The van der Waals surface area contributed by atoms with E-state index >= 15 is 0 Å². The summed E-state index contributed by atoms with van der Waals surface area (Å²) >= 11 is 0. The van der Waals surface area contributed by atoms with E-state index in [2.05, 4.69) is 26.0 Å². The Balaban J connectivity index is 1.37. The van der Waals surface area contributed by atoms with Crippen LogP contribution in [0.25, 0.3) is 0 Å². The molecule has 1 unspecified atom stereocenters. The molecule has 0 aliphatic carbocycles. The highest BCUT2D eigenvalue weighted by atomic mass is 16.5. The van der Waals surface area contributed by atoms with Gasteiger partial charge in [-0.25, -0.2) is 9.97 Å². The van der Waals surface area contributed by atoms with Gasteiger partial charge in [-0.3, -0.25) is 9.48 Å². The maximum Gasteiger partial charge on any atom is 0.224 e. The van der Waals surface area contributed by atoms with E-state index in [1.807, 2.05) is 28.9 Å². The molecule has 8 heteroatoms. The summed E-state index contributed by atoms with van der Waals surface area (Å²) in [4.78, 5) is 25.9. The number of likely N-dealkylation sites (tertiary alicyclic amines) is 1. The molecule has 4 rings (SSSR count). The summed E-state index contributed by atoms with van der Waals surface area (Å²) in [7, 11) is 0. The van der Waals surface area contributed by atoms with E-state index in [-0.39, 0.29) is 11.8 Å². The van der Waals surface area contributed by atoms with Gasteiger partial charge in [-0.2, -0.15) is 5.10 Å². The molecule has 2 saturated heterocycles. The summed E-state index contributed by atoms with van der Waals surface area (Å²) in [6.07, 6.45) is 8.00. The average molecular weight is 384 g/mol. The zero-order valence-corrected chi connectivity index (χ0v) is 16.5. The van der Waals surface area contributed by atoms with Gasteiger partial charge in [0.1, 0.15) is 12.1 Å². The van der Waals surface area contributed by atoms with Gasteiger partial charge in [-0.1, -0.05) is 0 Å². The SMILES string of the molecule is Cc1cnn(CCC(=O)N2CCCC(c3cc(N4CCOCC4)ncn3)C2)c1. The Morgan fingerprint density at radius 3 is 2.89 bits per heavy atom. The monoisotopic (exact) mass is 384 g/mol. The van der Waals surface area contributed by atoms with Crippen LogP contribution in [-0.4, -0.2) is 69.9 Å². The number of aromatic nitrogens is 4. The lowest BCUT2D eigenvalue weighted by Gasteiger charge is -2.33. The van der Waals surface area contributed by atoms with E-state index in [4.69, 9.17) is 4.74 Å². The molecule has 2 aromatic rings. The van der Waals surface area contributed by atoms with Crippen LogP contribution in [0.2, 0.25) is 0 Å². The first-order valence-electron chi connectivity index (χ1n) is 10.1. The van der Waals surface area contributed by atoms with Crippen LogP contribution < -0.4 is 4.90 Å². The fraction of sp³-hybridized carbons (Fsp3) is 0.600. The molecule has 0 spiro atoms. The van der Waals surface area contributed by atoms with Gasteiger partial charge in [-0.15, -0.1) is 0 Å². The topological polar surface area (TPSA) is 76.4 Å². The predicted molar refractivity (Wildman–Crippen MR) is 105 cm³/mol. The minimum Gasteiger partial charge on any atom is -0.378 e. The Bertz CT molecular complexity index is 801. The maximum absolute atomic E-state index is 12.7. The summed E-state index contributed by atoms with van der Waals surface area (Å²) in [6, 6.07) is 2.09. The second-order valence-corrected chi connectivity index (χ2v) is 7.61. The molecule has 2 aromatic heterocycles. The van der Waals surface area contributed by atoms with Gasteiger partial charge >= 0.3 is 0 Å². The fourth-order valence-corrected chi connectivity index (χ4v) is 3.95. The first kappa shape index (κ1) is 18.9. The van der Waals surface area contributed by atoms with Crippen molar-refractivity contribution in [3.63, 3.8) is 0 Å². The van der Waals surface area contributed by atoms with Crippen molar-refractivity contribution in [2.24, 2.45) is 0 Å². The highest BCUT2D eigenvalue weighted by Crippen LogP contribution is 2.27. The fourth-order valence-electron chi connectivity index (χ4n) is 3.95. The molecule has 28 heavy (non-hydrogen) atoms. The Hall–Kier alpha value is -2.48. The zero-order chi connectivity index (χ0) is 19.3. The van der Waals surface area contributed by atoms with Crippen molar-refractivity contribution in [3.05, 3.63) is 36.0 Å². The molecule has 0 radical (unpaired) electrons. The number of aryl methyl sites for hydroxylation is 2. The van der Waals surface area contributed by atoms with Crippen LogP contribution in [0.3, 0.4) is 0 Å². The normalized spacial score (nSPS) is 20.4. The van der Waals surface area contributed by atoms with Gasteiger partial charge in [-0.05, 0) is 25.3 Å². The van der Waals surface area contributed by atoms with Crippen LogP contribution in [0.1, 0.15) is 36.4 Å². The van der Waals surface area contributed by atoms with Crippen molar-refractivity contribution in [3.8, 4) is 0 Å². The van der Waals surface area contributed by atoms with Crippen molar-refractivity contribution in [2.75, 3.05) is 44.3 Å². The Labute approximate surface area is 165 Å². The number of carbonyl (C=O) groups is 1. The lowest BCUT2D eigenvalue weighted by atomic mass is 9.94. The molecule has 4 heterocycles. The van der Waals surface area contributed by atoms with Gasteiger partial charge in [0, 0.05) is 57.3 Å².